The summed E-state index contributed by atoms with van der Waals surface area (Å²) in [5.74, 6) is 0. The van der Waals surface area contributed by atoms with Gasteiger partial charge in [0, 0.05) is 49.5 Å². The Hall–Kier alpha value is -0.680. The van der Waals surface area contributed by atoms with Crippen molar-refractivity contribution in [2.45, 2.75) is 44.3 Å². The van der Waals surface area contributed by atoms with Gasteiger partial charge in [-0.3, -0.25) is 9.88 Å². The predicted molar refractivity (Wildman–Crippen MR) is 87.0 cm³/mol. The van der Waals surface area contributed by atoms with Crippen LogP contribution >= 0.6 is 11.6 Å². The molecule has 5 heteroatoms. The normalized spacial score (nSPS) is 30.8. The van der Waals surface area contributed by atoms with Crippen LogP contribution in [0.3, 0.4) is 0 Å². The lowest BCUT2D eigenvalue weighted by atomic mass is 9.49. The highest BCUT2D eigenvalue weighted by molar-refractivity contribution is 6.31. The summed E-state index contributed by atoms with van der Waals surface area (Å²) >= 11 is 6.21. The molecule has 0 amide bonds. The van der Waals surface area contributed by atoms with Gasteiger partial charge in [0.15, 0.2) is 0 Å². The zero-order chi connectivity index (χ0) is 15.0. The number of aromatic nitrogens is 1. The smallest absolute Gasteiger partial charge is 0.0634 e. The van der Waals surface area contributed by atoms with Crippen molar-refractivity contribution in [3.05, 3.63) is 29.0 Å². The first-order valence-corrected chi connectivity index (χ1v) is 8.81. The summed E-state index contributed by atoms with van der Waals surface area (Å²) in [4.78, 5) is 6.72. The van der Waals surface area contributed by atoms with Crippen LogP contribution in [0, 0.1) is 5.41 Å². The van der Waals surface area contributed by atoms with Crippen molar-refractivity contribution in [1.29, 1.82) is 0 Å². The van der Waals surface area contributed by atoms with Crippen LogP contribution in [0.4, 0.5) is 0 Å². The molecule has 2 aliphatic carbocycles. The molecule has 2 saturated carbocycles. The fourth-order valence-electron chi connectivity index (χ4n) is 4.50. The summed E-state index contributed by atoms with van der Waals surface area (Å²) in [6.45, 7) is 4.86. The Balaban J connectivity index is 1.38. The molecule has 1 saturated heterocycles. The fraction of sp³-hybridized carbons (Fsp3) is 0.706. The average molecular weight is 322 g/mol. The van der Waals surface area contributed by atoms with Crippen LogP contribution in [0.2, 0.25) is 5.02 Å². The Labute approximate surface area is 137 Å². The first kappa shape index (κ1) is 14.9. The van der Waals surface area contributed by atoms with E-state index in [0.717, 1.165) is 49.5 Å². The number of nitrogens with zero attached hydrogens (tertiary/aromatic N) is 2. The number of hydrogen-bond donors (Lipinski definition) is 1. The SMILES string of the molecule is Clc1cnccc1CN[C@H]1C[C@H](N2CCOCC2)C12CCC2. The van der Waals surface area contributed by atoms with Crippen molar-refractivity contribution < 1.29 is 4.74 Å². The number of ether oxygens (including phenoxy) is 1. The van der Waals surface area contributed by atoms with Crippen LogP contribution < -0.4 is 5.32 Å². The minimum Gasteiger partial charge on any atom is -0.379 e. The van der Waals surface area contributed by atoms with E-state index in [-0.39, 0.29) is 0 Å². The Morgan fingerprint density at radius 3 is 2.86 bits per heavy atom. The molecule has 120 valence electrons. The van der Waals surface area contributed by atoms with Gasteiger partial charge in [0.2, 0.25) is 0 Å². The molecule has 1 aliphatic heterocycles. The van der Waals surface area contributed by atoms with Crippen LogP contribution in [-0.2, 0) is 11.3 Å². The highest BCUT2D eigenvalue weighted by atomic mass is 35.5. The Bertz CT molecular complexity index is 528. The maximum Gasteiger partial charge on any atom is 0.0634 e. The third kappa shape index (κ3) is 2.46. The van der Waals surface area contributed by atoms with Gasteiger partial charge < -0.3 is 10.1 Å². The standard InChI is InChI=1S/C17H24ClN3O/c18-14-12-19-5-2-13(14)11-20-15-10-16(17(15)3-1-4-17)21-6-8-22-9-7-21/h2,5,12,15-16,20H,1,3-4,6-11H2/t15-,16-/m0/s1. The lowest BCUT2D eigenvalue weighted by Gasteiger charge is -2.65. The Morgan fingerprint density at radius 1 is 1.36 bits per heavy atom. The van der Waals surface area contributed by atoms with Crippen LogP contribution in [0.5, 0.6) is 0 Å². The molecule has 3 aliphatic rings. The van der Waals surface area contributed by atoms with Gasteiger partial charge in [-0.05, 0) is 30.9 Å². The van der Waals surface area contributed by atoms with Gasteiger partial charge in [-0.1, -0.05) is 18.0 Å². The monoisotopic (exact) mass is 321 g/mol. The van der Waals surface area contributed by atoms with E-state index < -0.39 is 0 Å². The van der Waals surface area contributed by atoms with Gasteiger partial charge in [0.05, 0.1) is 18.2 Å². The number of rotatable bonds is 4. The van der Waals surface area contributed by atoms with E-state index in [1.54, 1.807) is 6.20 Å². The number of halogens is 1. The van der Waals surface area contributed by atoms with Crippen molar-refractivity contribution in [1.82, 2.24) is 15.2 Å². The molecule has 2 heterocycles. The number of hydrogen-bond acceptors (Lipinski definition) is 4. The van der Waals surface area contributed by atoms with E-state index in [2.05, 4.69) is 15.2 Å². The van der Waals surface area contributed by atoms with Gasteiger partial charge >= 0.3 is 0 Å². The zero-order valence-corrected chi connectivity index (χ0v) is 13.7. The highest BCUT2D eigenvalue weighted by Gasteiger charge is 2.59. The summed E-state index contributed by atoms with van der Waals surface area (Å²) in [7, 11) is 0. The predicted octanol–water partition coefficient (Wildman–Crippen LogP) is 2.47. The van der Waals surface area contributed by atoms with E-state index in [9.17, 15) is 0 Å². The average Bonchev–Trinajstić information content (AvgIpc) is 2.47. The van der Waals surface area contributed by atoms with Crippen molar-refractivity contribution in [3.8, 4) is 0 Å². The molecule has 0 aromatic carbocycles. The lowest BCUT2D eigenvalue weighted by molar-refractivity contribution is -0.135. The molecule has 1 aromatic rings. The molecule has 1 aromatic heterocycles. The molecule has 1 N–H and O–H groups in total. The molecular weight excluding hydrogens is 298 g/mol. The maximum absolute atomic E-state index is 6.21. The third-order valence-corrected chi connectivity index (χ3v) is 6.32. The zero-order valence-electron chi connectivity index (χ0n) is 12.9. The molecule has 0 unspecified atom stereocenters. The van der Waals surface area contributed by atoms with E-state index >= 15 is 0 Å². The van der Waals surface area contributed by atoms with Crippen LogP contribution in [0.25, 0.3) is 0 Å². The van der Waals surface area contributed by atoms with Gasteiger partial charge in [0.1, 0.15) is 0 Å². The minimum atomic E-state index is 0.511. The molecule has 3 fully saturated rings. The number of morpholine rings is 1. The molecule has 4 nitrogen and oxygen atoms in total. The quantitative estimate of drug-likeness (QED) is 0.924. The van der Waals surface area contributed by atoms with Crippen LogP contribution in [0.15, 0.2) is 18.5 Å². The van der Waals surface area contributed by atoms with Gasteiger partial charge in [-0.25, -0.2) is 0 Å². The van der Waals surface area contributed by atoms with E-state index in [1.807, 2.05) is 12.3 Å². The first-order valence-electron chi connectivity index (χ1n) is 8.43. The van der Waals surface area contributed by atoms with Crippen molar-refractivity contribution in [2.75, 3.05) is 26.3 Å². The lowest BCUT2D eigenvalue weighted by Crippen LogP contribution is -2.71. The minimum absolute atomic E-state index is 0.511. The molecular formula is C17H24ClN3O. The van der Waals surface area contributed by atoms with E-state index in [4.69, 9.17) is 16.3 Å². The Morgan fingerprint density at radius 2 is 2.18 bits per heavy atom. The summed E-state index contributed by atoms with van der Waals surface area (Å²) in [5.41, 5.74) is 1.66. The molecule has 2 atom stereocenters. The second kappa shape index (κ2) is 6.08. The topological polar surface area (TPSA) is 37.4 Å². The van der Waals surface area contributed by atoms with Crippen molar-refractivity contribution >= 4 is 11.6 Å². The van der Waals surface area contributed by atoms with Crippen LogP contribution in [-0.4, -0.2) is 48.3 Å². The molecule has 1 spiro atoms. The summed E-state index contributed by atoms with van der Waals surface area (Å²) < 4.78 is 5.51. The maximum atomic E-state index is 6.21. The van der Waals surface area contributed by atoms with E-state index in [1.165, 1.54) is 25.7 Å². The first-order chi connectivity index (χ1) is 10.8. The van der Waals surface area contributed by atoms with Gasteiger partial charge in [0.25, 0.3) is 0 Å². The molecule has 4 rings (SSSR count). The number of nitrogens with one attached hydrogen (secondary N) is 1. The second-order valence-electron chi connectivity index (χ2n) is 6.89. The largest absolute Gasteiger partial charge is 0.379 e. The molecule has 0 bridgehead atoms. The summed E-state index contributed by atoms with van der Waals surface area (Å²) in [6.07, 6.45) is 8.94. The summed E-state index contributed by atoms with van der Waals surface area (Å²) in [6, 6.07) is 3.41. The highest BCUT2D eigenvalue weighted by Crippen LogP contribution is 2.58. The third-order valence-electron chi connectivity index (χ3n) is 5.98. The van der Waals surface area contributed by atoms with Gasteiger partial charge in [-0.15, -0.1) is 0 Å². The van der Waals surface area contributed by atoms with Crippen molar-refractivity contribution in [2.24, 2.45) is 5.41 Å². The van der Waals surface area contributed by atoms with E-state index in [0.29, 0.717) is 11.5 Å². The van der Waals surface area contributed by atoms with Gasteiger partial charge in [-0.2, -0.15) is 0 Å². The summed E-state index contributed by atoms with van der Waals surface area (Å²) in [5, 5.41) is 4.53. The number of pyridine rings is 1. The second-order valence-corrected chi connectivity index (χ2v) is 7.29. The molecule has 22 heavy (non-hydrogen) atoms. The molecule has 0 radical (unpaired) electrons. The van der Waals surface area contributed by atoms with Crippen molar-refractivity contribution in [3.63, 3.8) is 0 Å². The fourth-order valence-corrected chi connectivity index (χ4v) is 4.69. The Kier molecular flexibility index (Phi) is 4.11. The van der Waals surface area contributed by atoms with Crippen LogP contribution in [0.1, 0.15) is 31.2 Å².